The maximum absolute atomic E-state index is 12.5. The van der Waals surface area contributed by atoms with E-state index in [2.05, 4.69) is 31.0 Å². The quantitative estimate of drug-likeness (QED) is 0.839. The summed E-state index contributed by atoms with van der Waals surface area (Å²) in [5.74, 6) is -0.165. The number of hydrogen-bond donors (Lipinski definition) is 1. The molecule has 3 rings (SSSR count). The molecule has 8 heteroatoms. The van der Waals surface area contributed by atoms with Crippen LogP contribution in [0.5, 0.6) is 5.75 Å². The lowest BCUT2D eigenvalue weighted by atomic mass is 9.95. The lowest BCUT2D eigenvalue weighted by molar-refractivity contribution is -0.125. The van der Waals surface area contributed by atoms with Crippen LogP contribution in [0.1, 0.15) is 17.7 Å². The van der Waals surface area contributed by atoms with Crippen LogP contribution in [-0.2, 0) is 24.3 Å². The third kappa shape index (κ3) is 3.92. The average Bonchev–Trinajstić information content (AvgIpc) is 3.02. The van der Waals surface area contributed by atoms with E-state index in [4.69, 9.17) is 0 Å². The van der Waals surface area contributed by atoms with Gasteiger partial charge in [-0.1, -0.05) is 15.9 Å². The van der Waals surface area contributed by atoms with E-state index in [1.807, 2.05) is 4.57 Å². The van der Waals surface area contributed by atoms with Crippen LogP contribution in [0.15, 0.2) is 35.2 Å². The number of hydrogen-bond acceptors (Lipinski definition) is 3. The molecule has 0 spiro atoms. The summed E-state index contributed by atoms with van der Waals surface area (Å²) in [5.41, 5.74) is 1.53. The molecule has 5 nitrogen and oxygen atoms in total. The van der Waals surface area contributed by atoms with Gasteiger partial charge in [0.15, 0.2) is 0 Å². The third-order valence-corrected chi connectivity index (χ3v) is 4.53. The second-order valence-electron chi connectivity index (χ2n) is 5.62. The minimum Gasteiger partial charge on any atom is -0.434 e. The van der Waals surface area contributed by atoms with Crippen molar-refractivity contribution in [3.8, 4) is 5.75 Å². The molecule has 24 heavy (non-hydrogen) atoms. The normalized spacial score (nSPS) is 16.8. The van der Waals surface area contributed by atoms with Crippen molar-refractivity contribution in [3.63, 3.8) is 0 Å². The van der Waals surface area contributed by atoms with E-state index in [0.717, 1.165) is 23.1 Å². The highest BCUT2D eigenvalue weighted by Crippen LogP contribution is 2.25. The maximum atomic E-state index is 12.5. The number of nitrogens with one attached hydrogen (secondary N) is 1. The third-order valence-electron chi connectivity index (χ3n) is 4.03. The molecule has 2 heterocycles. The molecule has 0 unspecified atom stereocenters. The Labute approximate surface area is 146 Å². The fourth-order valence-corrected chi connectivity index (χ4v) is 3.22. The fraction of sp³-hybridized carbons (Fsp3) is 0.375. The van der Waals surface area contributed by atoms with Gasteiger partial charge in [0.1, 0.15) is 5.75 Å². The minimum absolute atomic E-state index is 0.0650. The summed E-state index contributed by atoms with van der Waals surface area (Å²) in [6, 6.07) is 4.73. The number of amides is 1. The summed E-state index contributed by atoms with van der Waals surface area (Å²) in [7, 11) is 0. The van der Waals surface area contributed by atoms with Crippen LogP contribution in [0, 0.1) is 5.92 Å². The van der Waals surface area contributed by atoms with Gasteiger partial charge in [-0.25, -0.2) is 4.98 Å². The van der Waals surface area contributed by atoms with Gasteiger partial charge >= 0.3 is 6.61 Å². The molecule has 0 aliphatic carbocycles. The number of ether oxygens (including phenoxy) is 1. The molecule has 1 aliphatic rings. The zero-order chi connectivity index (χ0) is 17.1. The predicted molar refractivity (Wildman–Crippen MR) is 86.7 cm³/mol. The van der Waals surface area contributed by atoms with Gasteiger partial charge < -0.3 is 14.6 Å². The molecule has 1 aromatic heterocycles. The number of carbonyl (C=O) groups excluding carboxylic acids is 1. The van der Waals surface area contributed by atoms with Crippen molar-refractivity contribution < 1.29 is 18.3 Å². The SMILES string of the molecule is O=C(NCc1cc(Br)ccc1OC(F)F)[C@H]1CCn2cncc2C1. The van der Waals surface area contributed by atoms with Gasteiger partial charge in [-0.3, -0.25) is 4.79 Å². The summed E-state index contributed by atoms with van der Waals surface area (Å²) in [6.07, 6.45) is 4.89. The molecule has 0 saturated heterocycles. The summed E-state index contributed by atoms with van der Waals surface area (Å²) in [6.45, 7) is -2.01. The molecule has 0 saturated carbocycles. The number of nitrogens with zero attached hydrogens (tertiary/aromatic N) is 2. The first-order chi connectivity index (χ1) is 11.5. The highest BCUT2D eigenvalue weighted by molar-refractivity contribution is 9.10. The van der Waals surface area contributed by atoms with E-state index in [-0.39, 0.29) is 24.1 Å². The van der Waals surface area contributed by atoms with Gasteiger partial charge in [-0.05, 0) is 24.6 Å². The summed E-state index contributed by atoms with van der Waals surface area (Å²) < 4.78 is 32.2. The molecule has 1 N–H and O–H groups in total. The Hall–Kier alpha value is -1.96. The molecule has 128 valence electrons. The number of rotatable bonds is 5. The molecule has 2 aromatic rings. The topological polar surface area (TPSA) is 56.1 Å². The van der Waals surface area contributed by atoms with Crippen molar-refractivity contribution in [2.24, 2.45) is 5.92 Å². The van der Waals surface area contributed by atoms with Crippen LogP contribution in [-0.4, -0.2) is 22.1 Å². The van der Waals surface area contributed by atoms with E-state index >= 15 is 0 Å². The van der Waals surface area contributed by atoms with E-state index in [1.54, 1.807) is 24.7 Å². The lowest BCUT2D eigenvalue weighted by Gasteiger charge is -2.23. The Morgan fingerprint density at radius 2 is 2.33 bits per heavy atom. The van der Waals surface area contributed by atoms with Gasteiger partial charge in [0.05, 0.1) is 6.33 Å². The zero-order valence-corrected chi connectivity index (χ0v) is 14.3. The minimum atomic E-state index is -2.90. The van der Waals surface area contributed by atoms with Crippen molar-refractivity contribution in [3.05, 3.63) is 46.5 Å². The van der Waals surface area contributed by atoms with Gasteiger partial charge in [0.25, 0.3) is 0 Å². The Bertz CT molecular complexity index is 736. The molecule has 1 atom stereocenters. The number of aryl methyl sites for hydroxylation is 1. The van der Waals surface area contributed by atoms with E-state index in [0.29, 0.717) is 12.0 Å². The van der Waals surface area contributed by atoms with E-state index in [9.17, 15) is 13.6 Å². The Kier molecular flexibility index (Phi) is 5.13. The number of aromatic nitrogens is 2. The molecule has 0 radical (unpaired) electrons. The average molecular weight is 400 g/mol. The zero-order valence-electron chi connectivity index (χ0n) is 12.7. The second-order valence-corrected chi connectivity index (χ2v) is 6.53. The first-order valence-corrected chi connectivity index (χ1v) is 8.32. The summed E-state index contributed by atoms with van der Waals surface area (Å²) >= 11 is 3.29. The number of fused-ring (bicyclic) bond motifs is 1. The Morgan fingerprint density at radius 1 is 1.50 bits per heavy atom. The standard InChI is InChI=1S/C16H16BrF2N3O2/c17-12-1-2-14(24-16(18)19)11(5-12)7-21-15(23)10-3-4-22-9-20-8-13(22)6-10/h1-2,5,8-10,16H,3-4,6-7H2,(H,21,23)/t10-/m0/s1. The van der Waals surface area contributed by atoms with Crippen molar-refractivity contribution in [2.75, 3.05) is 0 Å². The first-order valence-electron chi connectivity index (χ1n) is 7.53. The highest BCUT2D eigenvalue weighted by atomic mass is 79.9. The van der Waals surface area contributed by atoms with Crippen LogP contribution in [0.4, 0.5) is 8.78 Å². The maximum Gasteiger partial charge on any atom is 0.387 e. The first kappa shape index (κ1) is 16.9. The number of benzene rings is 1. The Balaban J connectivity index is 1.63. The predicted octanol–water partition coefficient (Wildman–Crippen LogP) is 3.13. The highest BCUT2D eigenvalue weighted by Gasteiger charge is 2.24. The van der Waals surface area contributed by atoms with E-state index in [1.165, 1.54) is 6.07 Å². The van der Waals surface area contributed by atoms with Crippen molar-refractivity contribution in [1.82, 2.24) is 14.9 Å². The summed E-state index contributed by atoms with van der Waals surface area (Å²) in [5, 5.41) is 2.82. The molecule has 1 amide bonds. The summed E-state index contributed by atoms with van der Waals surface area (Å²) in [4.78, 5) is 16.5. The van der Waals surface area contributed by atoms with E-state index < -0.39 is 6.61 Å². The van der Waals surface area contributed by atoms with Crippen LogP contribution in [0.3, 0.4) is 0 Å². The van der Waals surface area contributed by atoms with Crippen molar-refractivity contribution >= 4 is 21.8 Å². The molecular weight excluding hydrogens is 384 g/mol. The van der Waals surface area contributed by atoms with Gasteiger partial charge in [-0.15, -0.1) is 0 Å². The van der Waals surface area contributed by atoms with Crippen LogP contribution < -0.4 is 10.1 Å². The van der Waals surface area contributed by atoms with Crippen LogP contribution >= 0.6 is 15.9 Å². The number of alkyl halides is 2. The lowest BCUT2D eigenvalue weighted by Crippen LogP contribution is -2.34. The smallest absolute Gasteiger partial charge is 0.387 e. The van der Waals surface area contributed by atoms with Crippen LogP contribution in [0.25, 0.3) is 0 Å². The monoisotopic (exact) mass is 399 g/mol. The van der Waals surface area contributed by atoms with Crippen LogP contribution in [0.2, 0.25) is 0 Å². The second kappa shape index (κ2) is 7.29. The van der Waals surface area contributed by atoms with Gasteiger partial charge in [0.2, 0.25) is 5.91 Å². The number of carbonyl (C=O) groups is 1. The van der Waals surface area contributed by atoms with Gasteiger partial charge in [0, 0.05) is 47.4 Å². The Morgan fingerprint density at radius 3 is 3.12 bits per heavy atom. The number of halogens is 3. The largest absolute Gasteiger partial charge is 0.434 e. The molecule has 1 aromatic carbocycles. The molecule has 1 aliphatic heterocycles. The number of imidazole rings is 1. The molecule has 0 fully saturated rings. The van der Waals surface area contributed by atoms with Gasteiger partial charge in [-0.2, -0.15) is 8.78 Å². The molecule has 0 bridgehead atoms. The fourth-order valence-electron chi connectivity index (χ4n) is 2.82. The molecular formula is C16H16BrF2N3O2. The van der Waals surface area contributed by atoms with Crippen molar-refractivity contribution in [1.29, 1.82) is 0 Å². The van der Waals surface area contributed by atoms with Crippen molar-refractivity contribution in [2.45, 2.75) is 32.5 Å².